The zero-order valence-corrected chi connectivity index (χ0v) is 16.3. The van der Waals surface area contributed by atoms with Gasteiger partial charge in [-0.15, -0.1) is 0 Å². The van der Waals surface area contributed by atoms with Gasteiger partial charge in [0.1, 0.15) is 29.9 Å². The van der Waals surface area contributed by atoms with Crippen LogP contribution in [0.3, 0.4) is 0 Å². The summed E-state index contributed by atoms with van der Waals surface area (Å²) in [7, 11) is 0. The van der Waals surface area contributed by atoms with Gasteiger partial charge in [0.15, 0.2) is 0 Å². The van der Waals surface area contributed by atoms with Gasteiger partial charge in [-0.1, -0.05) is 24.3 Å². The molecule has 2 aromatic rings. The molecule has 0 aromatic heterocycles. The summed E-state index contributed by atoms with van der Waals surface area (Å²) >= 11 is 0. The van der Waals surface area contributed by atoms with Crippen molar-refractivity contribution in [2.75, 3.05) is 6.61 Å². The average Bonchev–Trinajstić information content (AvgIpc) is 3.36. The molecule has 3 heterocycles. The Morgan fingerprint density at radius 1 is 0.867 bits per heavy atom. The van der Waals surface area contributed by atoms with Gasteiger partial charge in [0, 0.05) is 12.1 Å². The van der Waals surface area contributed by atoms with Gasteiger partial charge in [-0.3, -0.25) is 20.2 Å². The van der Waals surface area contributed by atoms with Gasteiger partial charge in [0.2, 0.25) is 0 Å². The number of hydrogen-bond donors (Lipinski definition) is 0. The third-order valence-electron chi connectivity index (χ3n) is 6.22. The van der Waals surface area contributed by atoms with Crippen LogP contribution >= 0.6 is 0 Å². The minimum absolute atomic E-state index is 0.0680. The first-order chi connectivity index (χ1) is 14.3. The maximum atomic E-state index is 11.6. The number of nitro benzene ring substituents is 2. The Morgan fingerprint density at radius 2 is 1.37 bits per heavy atom. The molecule has 5 atom stereocenters. The topological polar surface area (TPSA) is 117 Å². The molecule has 3 aliphatic heterocycles. The summed E-state index contributed by atoms with van der Waals surface area (Å²) in [6.07, 6.45) is -1.83. The molecular formula is C20H19N3O7. The van der Waals surface area contributed by atoms with Crippen LogP contribution in [0.5, 0.6) is 0 Å². The molecule has 3 aliphatic rings. The maximum Gasteiger partial charge on any atom is 0.275 e. The lowest BCUT2D eigenvalue weighted by Gasteiger charge is -2.32. The second-order valence-corrected chi connectivity index (χ2v) is 7.94. The first kappa shape index (κ1) is 19.1. The number of nitrogens with zero attached hydrogens (tertiary/aromatic N) is 3. The first-order valence-corrected chi connectivity index (χ1v) is 9.50. The number of nitro groups is 2. The van der Waals surface area contributed by atoms with Crippen LogP contribution in [0.1, 0.15) is 25.0 Å². The van der Waals surface area contributed by atoms with Gasteiger partial charge >= 0.3 is 0 Å². The van der Waals surface area contributed by atoms with Crippen LogP contribution in [0.2, 0.25) is 0 Å². The number of para-hydroxylation sites is 2. The number of hydrogen-bond acceptors (Lipinski definition) is 8. The molecular weight excluding hydrogens is 394 g/mol. The normalized spacial score (nSPS) is 34.8. The van der Waals surface area contributed by atoms with Crippen LogP contribution in [-0.2, 0) is 25.4 Å². The van der Waals surface area contributed by atoms with Crippen molar-refractivity contribution in [1.82, 2.24) is 4.90 Å². The number of ether oxygens (including phenoxy) is 3. The van der Waals surface area contributed by atoms with Crippen LogP contribution in [0.25, 0.3) is 0 Å². The molecule has 0 spiro atoms. The van der Waals surface area contributed by atoms with E-state index in [9.17, 15) is 20.2 Å². The highest BCUT2D eigenvalue weighted by Crippen LogP contribution is 2.57. The van der Waals surface area contributed by atoms with Crippen molar-refractivity contribution >= 4 is 11.4 Å². The van der Waals surface area contributed by atoms with Gasteiger partial charge in [0.25, 0.3) is 11.4 Å². The summed E-state index contributed by atoms with van der Waals surface area (Å²) < 4.78 is 18.6. The van der Waals surface area contributed by atoms with E-state index in [1.165, 1.54) is 12.1 Å². The molecule has 10 heteroatoms. The number of rotatable bonds is 4. The fourth-order valence-corrected chi connectivity index (χ4v) is 4.90. The molecule has 2 aromatic carbocycles. The highest BCUT2D eigenvalue weighted by Gasteiger charge is 2.69. The Kier molecular flexibility index (Phi) is 4.00. The highest BCUT2D eigenvalue weighted by molar-refractivity contribution is 5.47. The van der Waals surface area contributed by atoms with E-state index in [0.717, 1.165) is 0 Å². The summed E-state index contributed by atoms with van der Waals surface area (Å²) in [5.74, 6) is 0. The lowest BCUT2D eigenvalue weighted by atomic mass is 9.92. The molecule has 0 N–H and O–H groups in total. The van der Waals surface area contributed by atoms with Crippen molar-refractivity contribution in [1.29, 1.82) is 0 Å². The largest absolute Gasteiger partial charge is 0.355 e. The van der Waals surface area contributed by atoms with Gasteiger partial charge in [-0.25, -0.2) is 4.90 Å². The van der Waals surface area contributed by atoms with Crippen LogP contribution in [0, 0.1) is 20.2 Å². The van der Waals surface area contributed by atoms with E-state index < -0.39 is 39.7 Å². The van der Waals surface area contributed by atoms with E-state index >= 15 is 0 Å². The van der Waals surface area contributed by atoms with E-state index in [1.54, 1.807) is 50.2 Å². The van der Waals surface area contributed by atoms with E-state index in [-0.39, 0.29) is 18.0 Å². The maximum absolute atomic E-state index is 11.6. The van der Waals surface area contributed by atoms with Gasteiger partial charge in [-0.05, 0) is 26.0 Å². The molecule has 0 amide bonds. The second-order valence-electron chi connectivity index (χ2n) is 7.94. The summed E-state index contributed by atoms with van der Waals surface area (Å²) in [6, 6.07) is 12.8. The Hall–Kier alpha value is -2.92. The molecule has 0 bridgehead atoms. The third kappa shape index (κ3) is 2.39. The molecule has 10 nitrogen and oxygen atoms in total. The average molecular weight is 413 g/mol. The van der Waals surface area contributed by atoms with Crippen molar-refractivity contribution in [2.24, 2.45) is 0 Å². The van der Waals surface area contributed by atoms with E-state index in [2.05, 4.69) is 0 Å². The SMILES string of the molecule is C[C@@]1(c2ccccc2[N+](=O)[O-])O[C@@H]2N3[C@H](CO[C@H]31)O[C@]2(C)c1ccccc1[N+](=O)[O-]. The van der Waals surface area contributed by atoms with Crippen LogP contribution < -0.4 is 0 Å². The summed E-state index contributed by atoms with van der Waals surface area (Å²) in [6.45, 7) is 3.73. The van der Waals surface area contributed by atoms with Crippen molar-refractivity contribution < 1.29 is 24.1 Å². The predicted octanol–water partition coefficient (Wildman–Crippen LogP) is 3.00. The van der Waals surface area contributed by atoms with Crippen LogP contribution in [0.4, 0.5) is 11.4 Å². The molecule has 5 rings (SSSR count). The second kappa shape index (κ2) is 6.29. The molecule has 156 valence electrons. The summed E-state index contributed by atoms with van der Waals surface area (Å²) in [5.41, 5.74) is -1.67. The Balaban J connectivity index is 1.63. The van der Waals surface area contributed by atoms with Crippen molar-refractivity contribution in [2.45, 2.75) is 43.7 Å². The predicted molar refractivity (Wildman–Crippen MR) is 102 cm³/mol. The molecule has 3 fully saturated rings. The quantitative estimate of drug-likeness (QED) is 0.555. The Morgan fingerprint density at radius 3 is 1.90 bits per heavy atom. The fraction of sp³-hybridized carbons (Fsp3) is 0.400. The van der Waals surface area contributed by atoms with Gasteiger partial charge in [0.05, 0.1) is 27.6 Å². The van der Waals surface area contributed by atoms with E-state index in [4.69, 9.17) is 14.2 Å². The molecule has 30 heavy (non-hydrogen) atoms. The Bertz CT molecular complexity index is 1000. The monoisotopic (exact) mass is 413 g/mol. The minimum Gasteiger partial charge on any atom is -0.355 e. The van der Waals surface area contributed by atoms with Gasteiger partial charge in [-0.2, -0.15) is 0 Å². The van der Waals surface area contributed by atoms with E-state index in [1.807, 2.05) is 4.90 Å². The van der Waals surface area contributed by atoms with Crippen molar-refractivity contribution in [3.05, 3.63) is 79.9 Å². The van der Waals surface area contributed by atoms with E-state index in [0.29, 0.717) is 11.1 Å². The smallest absolute Gasteiger partial charge is 0.275 e. The molecule has 3 saturated heterocycles. The Labute approximate surface area is 171 Å². The van der Waals surface area contributed by atoms with Crippen LogP contribution in [0.15, 0.2) is 48.5 Å². The third-order valence-corrected chi connectivity index (χ3v) is 6.22. The fourth-order valence-electron chi connectivity index (χ4n) is 4.90. The molecule has 0 radical (unpaired) electrons. The zero-order valence-electron chi connectivity index (χ0n) is 16.3. The summed E-state index contributed by atoms with van der Waals surface area (Å²) in [5, 5.41) is 23.3. The standard InChI is InChI=1S/C20H19N3O7/c1-19(12-7-3-5-9-14(12)22(24)25)17-21-16(11-28-17)29-20(2,18(21)30-19)13-8-4-6-10-15(13)23(26)27/h3-10,16-18H,11H2,1-2H3/t16-,17-,18-,19-,20+/m0/s1. The van der Waals surface area contributed by atoms with Crippen molar-refractivity contribution in [3.8, 4) is 0 Å². The number of benzene rings is 2. The summed E-state index contributed by atoms with van der Waals surface area (Å²) in [4.78, 5) is 24.3. The molecule has 0 saturated carbocycles. The first-order valence-electron chi connectivity index (χ1n) is 9.50. The minimum atomic E-state index is -1.16. The lowest BCUT2D eigenvalue weighted by Crippen LogP contribution is -2.40. The molecule has 0 unspecified atom stereocenters. The molecule has 0 aliphatic carbocycles. The zero-order chi connectivity index (χ0) is 21.3. The van der Waals surface area contributed by atoms with Crippen LogP contribution in [-0.4, -0.2) is 40.0 Å². The lowest BCUT2D eigenvalue weighted by molar-refractivity contribution is -0.387. The van der Waals surface area contributed by atoms with Crippen molar-refractivity contribution in [3.63, 3.8) is 0 Å². The highest BCUT2D eigenvalue weighted by atomic mass is 16.7. The van der Waals surface area contributed by atoms with Gasteiger partial charge < -0.3 is 14.2 Å².